The molecule has 3 heteroatoms. The lowest BCUT2D eigenvalue weighted by atomic mass is 9.90. The molecule has 0 saturated carbocycles. The fraction of sp³-hybridized carbons (Fsp3) is 0.789. The molecule has 0 aliphatic rings. The summed E-state index contributed by atoms with van der Waals surface area (Å²) in [6.07, 6.45) is 8.54. The molecule has 128 valence electrons. The Morgan fingerprint density at radius 1 is 1.23 bits per heavy atom. The van der Waals surface area contributed by atoms with Crippen molar-refractivity contribution in [2.75, 3.05) is 6.61 Å². The second-order valence-electron chi connectivity index (χ2n) is 6.92. The van der Waals surface area contributed by atoms with Gasteiger partial charge in [-0.2, -0.15) is 0 Å². The summed E-state index contributed by atoms with van der Waals surface area (Å²) in [5.74, 6) is 3.38. The van der Waals surface area contributed by atoms with Crippen LogP contribution in [0.2, 0.25) is 17.6 Å². The van der Waals surface area contributed by atoms with Gasteiger partial charge in [0.05, 0.1) is 12.7 Å². The summed E-state index contributed by atoms with van der Waals surface area (Å²) in [5, 5.41) is 9.29. The summed E-state index contributed by atoms with van der Waals surface area (Å²) in [4.78, 5) is 0. The van der Waals surface area contributed by atoms with Crippen molar-refractivity contribution in [2.24, 2.45) is 11.8 Å². The van der Waals surface area contributed by atoms with E-state index in [1.165, 1.54) is 0 Å². The predicted molar refractivity (Wildman–Crippen MR) is 99.3 cm³/mol. The van der Waals surface area contributed by atoms with E-state index in [1.54, 1.807) is 0 Å². The van der Waals surface area contributed by atoms with E-state index in [-0.39, 0.29) is 18.6 Å². The Bertz CT molecular complexity index is 377. The van der Waals surface area contributed by atoms with E-state index in [0.717, 1.165) is 24.1 Å². The SMILES string of the molecule is C#CC[C@H](C)[C@H](O[Si](CC)(CC)C(C)C)[C@H](C)/C=C(\C)CO. The quantitative estimate of drug-likeness (QED) is 0.348. The second-order valence-corrected chi connectivity index (χ2v) is 11.9. The van der Waals surface area contributed by atoms with E-state index in [9.17, 15) is 5.11 Å². The van der Waals surface area contributed by atoms with Crippen LogP contribution in [0.25, 0.3) is 0 Å². The average Bonchev–Trinajstić information content (AvgIpc) is 2.48. The highest BCUT2D eigenvalue weighted by atomic mass is 28.4. The van der Waals surface area contributed by atoms with Crippen molar-refractivity contribution in [3.05, 3.63) is 11.6 Å². The van der Waals surface area contributed by atoms with E-state index >= 15 is 0 Å². The Morgan fingerprint density at radius 2 is 1.77 bits per heavy atom. The zero-order chi connectivity index (χ0) is 17.3. The van der Waals surface area contributed by atoms with Gasteiger partial charge >= 0.3 is 0 Å². The van der Waals surface area contributed by atoms with Crippen LogP contribution >= 0.6 is 0 Å². The maximum Gasteiger partial charge on any atom is 0.195 e. The summed E-state index contributed by atoms with van der Waals surface area (Å²) < 4.78 is 6.84. The van der Waals surface area contributed by atoms with Gasteiger partial charge in [0.1, 0.15) is 0 Å². The van der Waals surface area contributed by atoms with Crippen LogP contribution in [0.1, 0.15) is 54.9 Å². The van der Waals surface area contributed by atoms with E-state index in [1.807, 2.05) is 6.92 Å². The van der Waals surface area contributed by atoms with Gasteiger partial charge in [-0.1, -0.05) is 53.2 Å². The zero-order valence-corrected chi connectivity index (χ0v) is 16.6. The van der Waals surface area contributed by atoms with Crippen LogP contribution in [-0.4, -0.2) is 26.1 Å². The molecule has 0 spiro atoms. The van der Waals surface area contributed by atoms with Gasteiger partial charge in [0, 0.05) is 6.42 Å². The van der Waals surface area contributed by atoms with Gasteiger partial charge in [0.25, 0.3) is 0 Å². The largest absolute Gasteiger partial charge is 0.413 e. The molecule has 1 N–H and O–H groups in total. The van der Waals surface area contributed by atoms with Crippen LogP contribution in [0.15, 0.2) is 11.6 Å². The number of terminal acetylenes is 1. The molecule has 0 amide bonds. The van der Waals surface area contributed by atoms with Crippen LogP contribution in [0.4, 0.5) is 0 Å². The van der Waals surface area contributed by atoms with E-state index in [4.69, 9.17) is 10.8 Å². The fourth-order valence-corrected chi connectivity index (χ4v) is 7.01. The molecule has 0 heterocycles. The Kier molecular flexibility index (Phi) is 9.99. The minimum absolute atomic E-state index is 0.106. The van der Waals surface area contributed by atoms with Crippen LogP contribution in [0, 0.1) is 24.2 Å². The number of rotatable bonds is 10. The highest BCUT2D eigenvalue weighted by Gasteiger charge is 2.39. The molecule has 0 radical (unpaired) electrons. The molecular weight excluding hydrogens is 288 g/mol. The molecule has 0 aromatic heterocycles. The predicted octanol–water partition coefficient (Wildman–Crippen LogP) is 5.00. The number of hydrogen-bond donors (Lipinski definition) is 1. The fourth-order valence-electron chi connectivity index (χ4n) is 3.28. The third kappa shape index (κ3) is 5.91. The van der Waals surface area contributed by atoms with Crippen LogP contribution in [-0.2, 0) is 4.43 Å². The summed E-state index contributed by atoms with van der Waals surface area (Å²) in [7, 11) is -1.76. The molecule has 0 unspecified atom stereocenters. The van der Waals surface area contributed by atoms with E-state index < -0.39 is 8.32 Å². The van der Waals surface area contributed by atoms with Gasteiger partial charge in [0.2, 0.25) is 0 Å². The average molecular weight is 325 g/mol. The summed E-state index contributed by atoms with van der Waals surface area (Å²) in [6, 6.07) is 2.27. The topological polar surface area (TPSA) is 29.5 Å². The first-order chi connectivity index (χ1) is 10.3. The van der Waals surface area contributed by atoms with Crippen molar-refractivity contribution >= 4 is 8.32 Å². The van der Waals surface area contributed by atoms with Crippen molar-refractivity contribution in [3.8, 4) is 12.3 Å². The third-order valence-electron chi connectivity index (χ3n) is 4.94. The molecule has 0 rings (SSSR count). The molecule has 0 aromatic rings. The lowest BCUT2D eigenvalue weighted by Crippen LogP contribution is -2.47. The Balaban J connectivity index is 5.45. The Hall–Kier alpha value is -0.563. The molecular formula is C19H36O2Si. The summed E-state index contributed by atoms with van der Waals surface area (Å²) in [5.41, 5.74) is 1.59. The Morgan fingerprint density at radius 3 is 2.14 bits per heavy atom. The first kappa shape index (κ1) is 21.4. The maximum absolute atomic E-state index is 9.29. The molecule has 0 aliphatic carbocycles. The van der Waals surface area contributed by atoms with Gasteiger partial charge in [-0.25, -0.2) is 0 Å². The van der Waals surface area contributed by atoms with Crippen molar-refractivity contribution in [2.45, 2.75) is 78.6 Å². The minimum Gasteiger partial charge on any atom is -0.413 e. The van der Waals surface area contributed by atoms with Gasteiger partial charge < -0.3 is 9.53 Å². The van der Waals surface area contributed by atoms with Crippen LogP contribution < -0.4 is 0 Å². The Labute approximate surface area is 139 Å². The monoisotopic (exact) mass is 324 g/mol. The van der Waals surface area contributed by atoms with Crippen molar-refractivity contribution < 1.29 is 9.53 Å². The molecule has 0 aliphatic heterocycles. The van der Waals surface area contributed by atoms with Gasteiger partial charge in [-0.3, -0.25) is 0 Å². The molecule has 2 nitrogen and oxygen atoms in total. The second kappa shape index (κ2) is 10.3. The highest BCUT2D eigenvalue weighted by Crippen LogP contribution is 2.35. The van der Waals surface area contributed by atoms with Crippen molar-refractivity contribution in [1.29, 1.82) is 0 Å². The van der Waals surface area contributed by atoms with Crippen LogP contribution in [0.5, 0.6) is 0 Å². The van der Waals surface area contributed by atoms with Gasteiger partial charge in [-0.15, -0.1) is 12.3 Å². The molecule has 0 aromatic carbocycles. The summed E-state index contributed by atoms with van der Waals surface area (Å²) >= 11 is 0. The lowest BCUT2D eigenvalue weighted by molar-refractivity contribution is 0.0948. The van der Waals surface area contributed by atoms with E-state index in [0.29, 0.717) is 11.5 Å². The zero-order valence-electron chi connectivity index (χ0n) is 15.6. The van der Waals surface area contributed by atoms with Gasteiger partial charge in [0.15, 0.2) is 8.32 Å². The van der Waals surface area contributed by atoms with Crippen molar-refractivity contribution in [1.82, 2.24) is 0 Å². The first-order valence-corrected chi connectivity index (χ1v) is 11.1. The number of hydrogen-bond acceptors (Lipinski definition) is 2. The van der Waals surface area contributed by atoms with Crippen molar-refractivity contribution in [3.63, 3.8) is 0 Å². The standard InChI is InChI=1S/C19H36O2Si/c1-9-12-17(7)19(18(8)13-16(6)14-20)21-22(10-2,11-3)15(4)5/h1,13,15,17-20H,10-12,14H2,2-8H3/b16-13+/t17-,18+,19-/m0/s1. The van der Waals surface area contributed by atoms with Gasteiger partial charge in [-0.05, 0) is 36.4 Å². The smallest absolute Gasteiger partial charge is 0.195 e. The number of aliphatic hydroxyl groups excluding tert-OH is 1. The lowest BCUT2D eigenvalue weighted by Gasteiger charge is -2.41. The normalized spacial score (nSPS) is 17.2. The molecule has 3 atom stereocenters. The minimum atomic E-state index is -1.76. The molecule has 0 bridgehead atoms. The first-order valence-electron chi connectivity index (χ1n) is 8.67. The van der Waals surface area contributed by atoms with Crippen LogP contribution in [0.3, 0.4) is 0 Å². The number of aliphatic hydroxyl groups is 1. The molecule has 0 saturated heterocycles. The highest BCUT2D eigenvalue weighted by molar-refractivity contribution is 6.75. The third-order valence-corrected chi connectivity index (χ3v) is 10.2. The van der Waals surface area contributed by atoms with E-state index in [2.05, 4.69) is 53.5 Å². The summed E-state index contributed by atoms with van der Waals surface area (Å²) in [6.45, 7) is 15.6. The maximum atomic E-state index is 9.29. The molecule has 22 heavy (non-hydrogen) atoms. The molecule has 0 fully saturated rings.